The van der Waals surface area contributed by atoms with Crippen LogP contribution >= 0.6 is 0 Å². The third kappa shape index (κ3) is 6.10. The average molecular weight is 468 g/mol. The zero-order chi connectivity index (χ0) is 23.8. The van der Waals surface area contributed by atoms with Crippen LogP contribution in [0.1, 0.15) is 95.1 Å². The molecule has 0 spiro atoms. The Hall–Kier alpha value is -1.69. The molecular weight excluding hydrogens is 422 g/mol. The van der Waals surface area contributed by atoms with Gasteiger partial charge in [0.2, 0.25) is 0 Å². The van der Waals surface area contributed by atoms with Crippen molar-refractivity contribution in [3.63, 3.8) is 0 Å². The summed E-state index contributed by atoms with van der Waals surface area (Å²) in [5.41, 5.74) is 4.22. The van der Waals surface area contributed by atoms with Gasteiger partial charge in [0.05, 0.1) is 0 Å². The maximum atomic E-state index is 11.1. The van der Waals surface area contributed by atoms with Crippen molar-refractivity contribution in [2.24, 2.45) is 17.8 Å². The number of carbonyl (C=O) groups excluding carboxylic acids is 1. The molecule has 1 amide bonds. The Morgan fingerprint density at radius 3 is 2.50 bits per heavy atom. The van der Waals surface area contributed by atoms with Gasteiger partial charge in [-0.25, -0.2) is 5.48 Å². The maximum Gasteiger partial charge on any atom is 0.267 e. The van der Waals surface area contributed by atoms with Crippen LogP contribution in [0.5, 0.6) is 0 Å². The summed E-state index contributed by atoms with van der Waals surface area (Å²) in [6.07, 6.45) is 20.0. The SMILES string of the molecule is CC1NC2(C3CCCCCCC3)CCCCC2C1CCNCc1ccc(/C=C/C(=O)NO)cc1. The summed E-state index contributed by atoms with van der Waals surface area (Å²) >= 11 is 0. The van der Waals surface area contributed by atoms with Gasteiger partial charge < -0.3 is 10.6 Å². The summed E-state index contributed by atoms with van der Waals surface area (Å²) in [5, 5.41) is 16.5. The van der Waals surface area contributed by atoms with E-state index in [1.54, 1.807) is 11.6 Å². The number of fused-ring (bicyclic) bond motifs is 1. The molecule has 4 unspecified atom stereocenters. The number of hydrogen-bond donors (Lipinski definition) is 4. The first kappa shape index (κ1) is 25.4. The summed E-state index contributed by atoms with van der Waals surface area (Å²) < 4.78 is 0. The van der Waals surface area contributed by atoms with Crippen LogP contribution in [0.3, 0.4) is 0 Å². The van der Waals surface area contributed by atoms with Crippen molar-refractivity contribution in [3.8, 4) is 0 Å². The van der Waals surface area contributed by atoms with E-state index in [1.165, 1.54) is 88.7 Å². The maximum absolute atomic E-state index is 11.1. The summed E-state index contributed by atoms with van der Waals surface area (Å²) in [7, 11) is 0. The second kappa shape index (κ2) is 12.3. The second-order valence-electron chi connectivity index (χ2n) is 11.0. The minimum absolute atomic E-state index is 0.413. The van der Waals surface area contributed by atoms with Crippen molar-refractivity contribution in [2.45, 2.75) is 102 Å². The van der Waals surface area contributed by atoms with Crippen LogP contribution in [0.15, 0.2) is 30.3 Å². The molecule has 1 aromatic rings. The van der Waals surface area contributed by atoms with E-state index < -0.39 is 5.91 Å². The van der Waals surface area contributed by atoms with Crippen LogP contribution in [-0.2, 0) is 11.3 Å². The molecule has 3 aliphatic rings. The molecule has 5 heteroatoms. The number of hydrogen-bond acceptors (Lipinski definition) is 4. The highest BCUT2D eigenvalue weighted by Gasteiger charge is 2.55. The highest BCUT2D eigenvalue weighted by molar-refractivity contribution is 5.90. The Morgan fingerprint density at radius 2 is 1.76 bits per heavy atom. The van der Waals surface area contributed by atoms with Crippen LogP contribution in [0, 0.1) is 17.8 Å². The molecule has 0 radical (unpaired) electrons. The van der Waals surface area contributed by atoms with Crippen LogP contribution in [-0.4, -0.2) is 29.2 Å². The highest BCUT2D eigenvalue weighted by Crippen LogP contribution is 2.52. The minimum Gasteiger partial charge on any atom is -0.313 e. The van der Waals surface area contributed by atoms with Crippen LogP contribution in [0.25, 0.3) is 6.08 Å². The van der Waals surface area contributed by atoms with Crippen molar-refractivity contribution < 1.29 is 10.0 Å². The second-order valence-corrected chi connectivity index (χ2v) is 11.0. The first-order valence-electron chi connectivity index (χ1n) is 13.8. The Kier molecular flexibility index (Phi) is 9.21. The first-order chi connectivity index (χ1) is 16.6. The van der Waals surface area contributed by atoms with E-state index in [1.807, 2.05) is 12.1 Å². The predicted molar refractivity (Wildman–Crippen MR) is 138 cm³/mol. The number of benzene rings is 1. The van der Waals surface area contributed by atoms with Gasteiger partial charge in [-0.1, -0.05) is 69.2 Å². The number of nitrogens with one attached hydrogen (secondary N) is 3. The van der Waals surface area contributed by atoms with Gasteiger partial charge in [-0.15, -0.1) is 0 Å². The zero-order valence-electron chi connectivity index (χ0n) is 21.0. The van der Waals surface area contributed by atoms with Gasteiger partial charge >= 0.3 is 0 Å². The Bertz CT molecular complexity index is 800. The molecule has 4 atom stereocenters. The molecule has 4 N–H and O–H groups in total. The summed E-state index contributed by atoms with van der Waals surface area (Å²) in [6, 6.07) is 8.84. The molecule has 188 valence electrons. The summed E-state index contributed by atoms with van der Waals surface area (Å²) in [6.45, 7) is 4.39. The monoisotopic (exact) mass is 467 g/mol. The summed E-state index contributed by atoms with van der Waals surface area (Å²) in [4.78, 5) is 11.1. The Morgan fingerprint density at radius 1 is 1.06 bits per heavy atom. The van der Waals surface area contributed by atoms with Crippen LogP contribution in [0.4, 0.5) is 0 Å². The molecule has 2 aliphatic carbocycles. The van der Waals surface area contributed by atoms with Crippen molar-refractivity contribution in [2.75, 3.05) is 6.54 Å². The van der Waals surface area contributed by atoms with Gasteiger partial charge in [0.1, 0.15) is 0 Å². The molecule has 1 saturated heterocycles. The molecule has 0 aromatic heterocycles. The lowest BCUT2D eigenvalue weighted by molar-refractivity contribution is -0.124. The Labute approximate surface area is 206 Å². The van der Waals surface area contributed by atoms with E-state index >= 15 is 0 Å². The molecule has 1 aromatic carbocycles. The largest absolute Gasteiger partial charge is 0.313 e. The molecule has 1 aliphatic heterocycles. The topological polar surface area (TPSA) is 73.4 Å². The fourth-order valence-electron chi connectivity index (χ4n) is 7.38. The molecule has 1 heterocycles. The Balaban J connectivity index is 1.30. The van der Waals surface area contributed by atoms with Gasteiger partial charge in [0, 0.05) is 24.2 Å². The average Bonchev–Trinajstić information content (AvgIpc) is 3.12. The molecule has 0 bridgehead atoms. The number of hydroxylamine groups is 1. The number of rotatable bonds is 8. The van der Waals surface area contributed by atoms with Crippen molar-refractivity contribution in [3.05, 3.63) is 41.5 Å². The molecular formula is C29H45N3O2. The third-order valence-electron chi connectivity index (χ3n) is 9.01. The van der Waals surface area contributed by atoms with E-state index in [9.17, 15) is 4.79 Å². The predicted octanol–water partition coefficient (Wildman–Crippen LogP) is 5.58. The molecule has 4 rings (SSSR count). The molecule has 2 saturated carbocycles. The van der Waals surface area contributed by atoms with Gasteiger partial charge in [-0.2, -0.15) is 0 Å². The third-order valence-corrected chi connectivity index (χ3v) is 9.01. The first-order valence-corrected chi connectivity index (χ1v) is 13.8. The number of carbonyl (C=O) groups is 1. The fraction of sp³-hybridized carbons (Fsp3) is 0.690. The lowest BCUT2D eigenvalue weighted by atomic mass is 9.61. The van der Waals surface area contributed by atoms with E-state index in [-0.39, 0.29) is 0 Å². The lowest BCUT2D eigenvalue weighted by Crippen LogP contribution is -2.54. The minimum atomic E-state index is -0.516. The highest BCUT2D eigenvalue weighted by atomic mass is 16.5. The van der Waals surface area contributed by atoms with E-state index in [0.717, 1.165) is 36.4 Å². The quantitative estimate of drug-likeness (QED) is 0.174. The van der Waals surface area contributed by atoms with Crippen molar-refractivity contribution in [1.29, 1.82) is 0 Å². The molecule has 5 nitrogen and oxygen atoms in total. The fourth-order valence-corrected chi connectivity index (χ4v) is 7.38. The number of amides is 1. The van der Waals surface area contributed by atoms with E-state index in [4.69, 9.17) is 5.21 Å². The van der Waals surface area contributed by atoms with E-state index in [0.29, 0.717) is 11.6 Å². The van der Waals surface area contributed by atoms with Crippen LogP contribution < -0.4 is 16.1 Å². The zero-order valence-corrected chi connectivity index (χ0v) is 21.0. The summed E-state index contributed by atoms with van der Waals surface area (Å²) in [5.74, 6) is 2.00. The van der Waals surface area contributed by atoms with Crippen LogP contribution in [0.2, 0.25) is 0 Å². The molecule has 3 fully saturated rings. The van der Waals surface area contributed by atoms with Gasteiger partial charge in [0.15, 0.2) is 0 Å². The van der Waals surface area contributed by atoms with Gasteiger partial charge in [-0.05, 0) is 80.5 Å². The van der Waals surface area contributed by atoms with E-state index in [2.05, 4.69) is 29.7 Å². The smallest absolute Gasteiger partial charge is 0.267 e. The standard InChI is InChI=1S/C29H45N3O2/c1-22-26(18-20-30-21-24-14-12-23(13-15-24)16-17-28(33)32-34)27-11-7-8-19-29(27,31-22)25-9-5-3-2-4-6-10-25/h12-17,22,25-27,30-31,34H,2-11,18-21H2,1H3,(H,32,33)/b17-16+. The lowest BCUT2D eigenvalue weighted by Gasteiger charge is -2.47. The normalized spacial score (nSPS) is 30.6. The van der Waals surface area contributed by atoms with Gasteiger partial charge in [0.25, 0.3) is 5.91 Å². The van der Waals surface area contributed by atoms with Crippen molar-refractivity contribution >= 4 is 12.0 Å². The van der Waals surface area contributed by atoms with Crippen molar-refractivity contribution in [1.82, 2.24) is 16.1 Å². The molecule has 34 heavy (non-hydrogen) atoms. The van der Waals surface area contributed by atoms with Gasteiger partial charge in [-0.3, -0.25) is 10.0 Å².